The fourth-order valence-electron chi connectivity index (χ4n) is 1.15. The molecule has 0 spiro atoms. The molecular weight excluding hydrogens is 210 g/mol. The number of rotatable bonds is 5. The van der Waals surface area contributed by atoms with Crippen LogP contribution in [0, 0.1) is 12.3 Å². The summed E-state index contributed by atoms with van der Waals surface area (Å²) in [5, 5.41) is 3.13. The lowest BCUT2D eigenvalue weighted by molar-refractivity contribution is 0.340. The third kappa shape index (κ3) is 5.31. The molecule has 1 N–H and O–H groups in total. The molecule has 82 valence electrons. The van der Waals surface area contributed by atoms with E-state index in [1.807, 2.05) is 31.2 Å². The first kappa shape index (κ1) is 13.8. The predicted molar refractivity (Wildman–Crippen MR) is 65.4 cm³/mol. The second kappa shape index (κ2) is 8.16. The summed E-state index contributed by atoms with van der Waals surface area (Å²) in [7, 11) is 0. The van der Waals surface area contributed by atoms with E-state index < -0.39 is 0 Å². The van der Waals surface area contributed by atoms with Gasteiger partial charge in [-0.2, -0.15) is 0 Å². The summed E-state index contributed by atoms with van der Waals surface area (Å²) in [5.41, 5.74) is 1.21. The highest BCUT2D eigenvalue weighted by molar-refractivity contribution is 5.85. The van der Waals surface area contributed by atoms with E-state index in [0.29, 0.717) is 13.2 Å². The van der Waals surface area contributed by atoms with Crippen LogP contribution in [0.15, 0.2) is 24.3 Å². The van der Waals surface area contributed by atoms with Crippen molar-refractivity contribution in [3.8, 4) is 18.1 Å². The molecule has 0 saturated carbocycles. The fraction of sp³-hybridized carbons (Fsp3) is 0.333. The topological polar surface area (TPSA) is 21.3 Å². The third-order valence-corrected chi connectivity index (χ3v) is 1.79. The Morgan fingerprint density at radius 3 is 2.53 bits per heavy atom. The Labute approximate surface area is 97.4 Å². The first-order valence-electron chi connectivity index (χ1n) is 4.72. The average Bonchev–Trinajstić information content (AvgIpc) is 2.21. The number of halogens is 1. The van der Waals surface area contributed by atoms with E-state index >= 15 is 0 Å². The van der Waals surface area contributed by atoms with E-state index in [1.165, 1.54) is 5.56 Å². The van der Waals surface area contributed by atoms with Crippen molar-refractivity contribution >= 4 is 12.4 Å². The molecule has 3 heteroatoms. The zero-order valence-electron chi connectivity index (χ0n) is 8.82. The van der Waals surface area contributed by atoms with Gasteiger partial charge in [-0.15, -0.1) is 18.8 Å². The van der Waals surface area contributed by atoms with Gasteiger partial charge < -0.3 is 10.1 Å². The van der Waals surface area contributed by atoms with Crippen LogP contribution < -0.4 is 10.1 Å². The van der Waals surface area contributed by atoms with Gasteiger partial charge in [0.2, 0.25) is 0 Å². The third-order valence-electron chi connectivity index (χ3n) is 1.79. The molecule has 0 fully saturated rings. The van der Waals surface area contributed by atoms with Crippen LogP contribution >= 0.6 is 12.4 Å². The van der Waals surface area contributed by atoms with Crippen LogP contribution in [0.3, 0.4) is 0 Å². The maximum Gasteiger partial charge on any atom is 0.119 e. The quantitative estimate of drug-likeness (QED) is 0.613. The number of ether oxygens (including phenoxy) is 1. The van der Waals surface area contributed by atoms with Crippen molar-refractivity contribution in [3.05, 3.63) is 29.8 Å². The van der Waals surface area contributed by atoms with Crippen LogP contribution in [-0.4, -0.2) is 13.2 Å². The molecule has 0 amide bonds. The van der Waals surface area contributed by atoms with Gasteiger partial charge in [0.25, 0.3) is 0 Å². The molecule has 1 rings (SSSR count). The summed E-state index contributed by atoms with van der Waals surface area (Å²) in [5.74, 6) is 3.44. The Bertz CT molecular complexity index is 302. The average molecular weight is 226 g/mol. The first-order chi connectivity index (χ1) is 6.86. The summed E-state index contributed by atoms with van der Waals surface area (Å²) in [6.45, 7) is 4.08. The molecule has 1 aromatic rings. The molecule has 0 radical (unpaired) electrons. The highest BCUT2D eigenvalue weighted by Crippen LogP contribution is 2.11. The molecule has 0 unspecified atom stereocenters. The molecule has 0 aliphatic heterocycles. The minimum absolute atomic E-state index is 0. The van der Waals surface area contributed by atoms with Gasteiger partial charge in [0.1, 0.15) is 5.75 Å². The highest BCUT2D eigenvalue weighted by Gasteiger charge is 1.93. The van der Waals surface area contributed by atoms with Crippen molar-refractivity contribution in [2.24, 2.45) is 0 Å². The Balaban J connectivity index is 0.00000196. The van der Waals surface area contributed by atoms with E-state index in [-0.39, 0.29) is 12.4 Å². The summed E-state index contributed by atoms with van der Waals surface area (Å²) in [4.78, 5) is 0. The van der Waals surface area contributed by atoms with Crippen LogP contribution in [0.4, 0.5) is 0 Å². The van der Waals surface area contributed by atoms with Gasteiger partial charge in [0.15, 0.2) is 0 Å². The van der Waals surface area contributed by atoms with E-state index in [9.17, 15) is 0 Å². The van der Waals surface area contributed by atoms with Crippen LogP contribution in [0.2, 0.25) is 0 Å². The van der Waals surface area contributed by atoms with Crippen molar-refractivity contribution < 1.29 is 4.74 Å². The Morgan fingerprint density at radius 1 is 1.33 bits per heavy atom. The van der Waals surface area contributed by atoms with Crippen molar-refractivity contribution in [2.75, 3.05) is 13.2 Å². The highest BCUT2D eigenvalue weighted by atomic mass is 35.5. The number of benzene rings is 1. The van der Waals surface area contributed by atoms with Gasteiger partial charge in [-0.1, -0.05) is 18.1 Å². The van der Waals surface area contributed by atoms with Crippen LogP contribution in [0.25, 0.3) is 0 Å². The molecule has 0 aromatic heterocycles. The Hall–Kier alpha value is -1.17. The fourth-order valence-corrected chi connectivity index (χ4v) is 1.15. The summed E-state index contributed by atoms with van der Waals surface area (Å²) in [6, 6.07) is 8.01. The lowest BCUT2D eigenvalue weighted by Gasteiger charge is -2.04. The molecule has 2 nitrogen and oxygen atoms in total. The zero-order chi connectivity index (χ0) is 10.2. The largest absolute Gasteiger partial charge is 0.494 e. The molecular formula is C12H16ClNO. The molecule has 0 bridgehead atoms. The normalized spacial score (nSPS) is 8.80. The number of nitrogens with one attached hydrogen (secondary N) is 1. The molecule has 0 aliphatic rings. The smallest absolute Gasteiger partial charge is 0.119 e. The van der Waals surface area contributed by atoms with E-state index in [0.717, 1.165) is 12.3 Å². The molecule has 0 heterocycles. The second-order valence-corrected chi connectivity index (χ2v) is 2.88. The molecule has 1 aromatic carbocycles. The maximum atomic E-state index is 5.33. The summed E-state index contributed by atoms with van der Waals surface area (Å²) < 4.78 is 5.33. The zero-order valence-corrected chi connectivity index (χ0v) is 9.64. The number of hydrogen-bond donors (Lipinski definition) is 1. The lowest BCUT2D eigenvalue weighted by Crippen LogP contribution is -2.12. The molecule has 0 saturated heterocycles. The van der Waals surface area contributed by atoms with E-state index in [4.69, 9.17) is 11.2 Å². The van der Waals surface area contributed by atoms with Crippen LogP contribution in [0.5, 0.6) is 5.75 Å². The lowest BCUT2D eigenvalue weighted by atomic mass is 10.2. The maximum absolute atomic E-state index is 5.33. The van der Waals surface area contributed by atoms with Crippen molar-refractivity contribution in [1.29, 1.82) is 0 Å². The van der Waals surface area contributed by atoms with Crippen LogP contribution in [-0.2, 0) is 6.54 Å². The second-order valence-electron chi connectivity index (χ2n) is 2.88. The van der Waals surface area contributed by atoms with Gasteiger partial charge in [0, 0.05) is 6.54 Å². The molecule has 15 heavy (non-hydrogen) atoms. The Kier molecular flexibility index (Phi) is 7.53. The number of terminal acetylenes is 1. The van der Waals surface area contributed by atoms with Gasteiger partial charge in [-0.05, 0) is 24.6 Å². The van der Waals surface area contributed by atoms with E-state index in [2.05, 4.69) is 11.2 Å². The monoisotopic (exact) mass is 225 g/mol. The van der Waals surface area contributed by atoms with E-state index in [1.54, 1.807) is 0 Å². The first-order valence-corrected chi connectivity index (χ1v) is 4.72. The SMILES string of the molecule is C#CCNCc1ccc(OCC)cc1.Cl. The summed E-state index contributed by atoms with van der Waals surface area (Å²) >= 11 is 0. The van der Waals surface area contributed by atoms with Crippen molar-refractivity contribution in [2.45, 2.75) is 13.5 Å². The Morgan fingerprint density at radius 2 is 2.00 bits per heavy atom. The number of hydrogen-bond acceptors (Lipinski definition) is 2. The van der Waals surface area contributed by atoms with Gasteiger partial charge in [-0.25, -0.2) is 0 Å². The standard InChI is InChI=1S/C12H15NO.ClH/c1-3-9-13-10-11-5-7-12(8-6-11)14-4-2;/h1,5-8,13H,4,9-10H2,2H3;1H. The van der Waals surface area contributed by atoms with Gasteiger partial charge in [0.05, 0.1) is 13.2 Å². The molecule has 0 atom stereocenters. The van der Waals surface area contributed by atoms with Crippen molar-refractivity contribution in [1.82, 2.24) is 5.32 Å². The minimum atomic E-state index is 0. The van der Waals surface area contributed by atoms with Crippen molar-refractivity contribution in [3.63, 3.8) is 0 Å². The van der Waals surface area contributed by atoms with Gasteiger partial charge in [-0.3, -0.25) is 0 Å². The minimum Gasteiger partial charge on any atom is -0.494 e. The summed E-state index contributed by atoms with van der Waals surface area (Å²) in [6.07, 6.45) is 5.12. The van der Waals surface area contributed by atoms with Gasteiger partial charge >= 0.3 is 0 Å². The van der Waals surface area contributed by atoms with Crippen LogP contribution in [0.1, 0.15) is 12.5 Å². The molecule has 0 aliphatic carbocycles. The predicted octanol–water partition coefficient (Wildman–Crippen LogP) is 2.23.